The number of carboxylic acids is 1. The Balaban J connectivity index is 4.58. The van der Waals surface area contributed by atoms with Gasteiger partial charge in [0, 0.05) is 5.41 Å². The van der Waals surface area contributed by atoms with Crippen LogP contribution in [0, 0.1) is 5.41 Å². The Morgan fingerprint density at radius 3 is 1.80 bits per heavy atom. The van der Waals surface area contributed by atoms with Crippen molar-refractivity contribution in [2.45, 2.75) is 51.5 Å². The van der Waals surface area contributed by atoms with Gasteiger partial charge >= 0.3 is 5.97 Å². The monoisotopic (exact) mass is 232 g/mol. The number of carbonyl (C=O) groups is 2. The van der Waals surface area contributed by atoms with E-state index in [0.29, 0.717) is 0 Å². The lowest BCUT2D eigenvalue weighted by molar-refractivity contribution is -0.138. The van der Waals surface area contributed by atoms with Crippen LogP contribution in [0.5, 0.6) is 0 Å². The molecule has 0 heterocycles. The van der Waals surface area contributed by atoms with E-state index < -0.39 is 16.1 Å². The summed E-state index contributed by atoms with van der Waals surface area (Å²) in [5.74, 6) is -0.803. The summed E-state index contributed by atoms with van der Waals surface area (Å²) in [6, 6.07) is 0. The number of carbonyl (C=O) groups excluding carboxylic acids is 1. The van der Waals surface area contributed by atoms with Crippen LogP contribution in [0.1, 0.15) is 41.5 Å². The third kappa shape index (κ3) is 4.24. The lowest BCUT2D eigenvalue weighted by Gasteiger charge is -2.27. The highest BCUT2D eigenvalue weighted by Gasteiger charge is 2.35. The molecule has 0 aromatic heterocycles. The van der Waals surface area contributed by atoms with Crippen molar-refractivity contribution in [2.75, 3.05) is 0 Å². The maximum atomic E-state index is 11.9. The molecule has 0 fully saturated rings. The standard InChI is InChI=1S/C11H20O3S/c1-7(8(12)10(2,3)4)15-11(5,6)9(13)14/h7H,1-6H3,(H,13,14). The van der Waals surface area contributed by atoms with Gasteiger partial charge in [0.1, 0.15) is 4.75 Å². The van der Waals surface area contributed by atoms with Crippen molar-refractivity contribution >= 4 is 23.5 Å². The van der Waals surface area contributed by atoms with E-state index in [2.05, 4.69) is 0 Å². The van der Waals surface area contributed by atoms with Gasteiger partial charge in [-0.3, -0.25) is 9.59 Å². The predicted molar refractivity (Wildman–Crippen MR) is 63.2 cm³/mol. The molecule has 0 bridgehead atoms. The molecule has 0 rings (SSSR count). The van der Waals surface area contributed by atoms with E-state index in [4.69, 9.17) is 5.11 Å². The summed E-state index contributed by atoms with van der Waals surface area (Å²) in [4.78, 5) is 22.7. The number of thioether (sulfide) groups is 1. The van der Waals surface area contributed by atoms with Gasteiger partial charge in [-0.2, -0.15) is 0 Å². The zero-order chi connectivity index (χ0) is 12.4. The fraction of sp³-hybridized carbons (Fsp3) is 0.818. The first-order chi connectivity index (χ1) is 6.48. The van der Waals surface area contributed by atoms with Gasteiger partial charge in [-0.15, -0.1) is 11.8 Å². The highest BCUT2D eigenvalue weighted by Crippen LogP contribution is 2.33. The maximum absolute atomic E-state index is 11.9. The molecule has 0 aromatic carbocycles. The third-order valence-corrected chi connectivity index (χ3v) is 3.43. The van der Waals surface area contributed by atoms with E-state index in [-0.39, 0.29) is 11.0 Å². The Kier molecular flexibility index (Phi) is 4.40. The average Bonchev–Trinajstić information content (AvgIpc) is 2.00. The van der Waals surface area contributed by atoms with Crippen molar-refractivity contribution in [1.29, 1.82) is 0 Å². The second kappa shape index (κ2) is 4.56. The van der Waals surface area contributed by atoms with Crippen LogP contribution in [-0.4, -0.2) is 26.9 Å². The number of hydrogen-bond donors (Lipinski definition) is 1. The van der Waals surface area contributed by atoms with Crippen LogP contribution in [0.15, 0.2) is 0 Å². The van der Waals surface area contributed by atoms with Gasteiger partial charge in [0.25, 0.3) is 0 Å². The van der Waals surface area contributed by atoms with Crippen LogP contribution in [0.3, 0.4) is 0 Å². The molecule has 1 N–H and O–H groups in total. The summed E-state index contributed by atoms with van der Waals surface area (Å²) in [5, 5.41) is 8.65. The van der Waals surface area contributed by atoms with Crippen LogP contribution in [0.25, 0.3) is 0 Å². The molecule has 0 spiro atoms. The van der Waals surface area contributed by atoms with Crippen molar-refractivity contribution in [3.63, 3.8) is 0 Å². The second-order valence-corrected chi connectivity index (χ2v) is 7.15. The minimum Gasteiger partial charge on any atom is -0.480 e. The molecule has 0 radical (unpaired) electrons. The number of carboxylic acid groups (broad SMARTS) is 1. The van der Waals surface area contributed by atoms with Crippen LogP contribution in [0.4, 0.5) is 0 Å². The Hall–Kier alpha value is -0.510. The van der Waals surface area contributed by atoms with Crippen molar-refractivity contribution in [1.82, 2.24) is 0 Å². The lowest BCUT2D eigenvalue weighted by atomic mass is 9.89. The van der Waals surface area contributed by atoms with E-state index in [1.165, 1.54) is 11.8 Å². The van der Waals surface area contributed by atoms with Gasteiger partial charge < -0.3 is 5.11 Å². The van der Waals surface area contributed by atoms with E-state index >= 15 is 0 Å². The van der Waals surface area contributed by atoms with Crippen molar-refractivity contribution < 1.29 is 14.7 Å². The summed E-state index contributed by atoms with van der Waals surface area (Å²) in [6.07, 6.45) is 0. The normalized spacial score (nSPS) is 14.8. The van der Waals surface area contributed by atoms with Gasteiger partial charge in [0.15, 0.2) is 5.78 Å². The smallest absolute Gasteiger partial charge is 0.319 e. The Bertz CT molecular complexity index is 263. The van der Waals surface area contributed by atoms with Crippen molar-refractivity contribution in [3.05, 3.63) is 0 Å². The molecule has 15 heavy (non-hydrogen) atoms. The molecule has 0 aliphatic carbocycles. The minimum absolute atomic E-state index is 0.0850. The Labute approximate surface area is 95.6 Å². The number of ketones is 1. The molecule has 1 atom stereocenters. The molecule has 0 aliphatic heterocycles. The van der Waals surface area contributed by atoms with E-state index in [1.54, 1.807) is 20.8 Å². The molecule has 0 amide bonds. The highest BCUT2D eigenvalue weighted by molar-refractivity contribution is 8.02. The maximum Gasteiger partial charge on any atom is 0.319 e. The molecule has 0 saturated heterocycles. The Morgan fingerprint density at radius 2 is 1.53 bits per heavy atom. The first kappa shape index (κ1) is 14.5. The van der Waals surface area contributed by atoms with E-state index in [0.717, 1.165) is 0 Å². The zero-order valence-electron chi connectivity index (χ0n) is 10.2. The molecule has 1 unspecified atom stereocenters. The number of Topliss-reactive ketones (excluding diaryl/α,β-unsaturated/α-hetero) is 1. The fourth-order valence-corrected chi connectivity index (χ4v) is 2.60. The SMILES string of the molecule is CC(SC(C)(C)C(=O)O)C(=O)C(C)(C)C. The topological polar surface area (TPSA) is 54.4 Å². The molecule has 0 aromatic rings. The largest absolute Gasteiger partial charge is 0.480 e. The van der Waals surface area contributed by atoms with Crippen LogP contribution >= 0.6 is 11.8 Å². The van der Waals surface area contributed by atoms with E-state index in [1.807, 2.05) is 20.8 Å². The quantitative estimate of drug-likeness (QED) is 0.809. The molecule has 88 valence electrons. The third-order valence-electron chi connectivity index (χ3n) is 2.09. The number of rotatable bonds is 4. The first-order valence-corrected chi connectivity index (χ1v) is 5.82. The van der Waals surface area contributed by atoms with Gasteiger partial charge in [0.2, 0.25) is 0 Å². The summed E-state index contributed by atoms with van der Waals surface area (Å²) < 4.78 is -0.916. The van der Waals surface area contributed by atoms with Gasteiger partial charge in [0.05, 0.1) is 5.25 Å². The zero-order valence-corrected chi connectivity index (χ0v) is 11.1. The van der Waals surface area contributed by atoms with Crippen molar-refractivity contribution in [3.8, 4) is 0 Å². The minimum atomic E-state index is -0.916. The fourth-order valence-electron chi connectivity index (χ4n) is 1.16. The molecular formula is C11H20O3S. The molecule has 0 aliphatic rings. The first-order valence-electron chi connectivity index (χ1n) is 4.94. The highest BCUT2D eigenvalue weighted by atomic mass is 32.2. The van der Waals surface area contributed by atoms with Crippen LogP contribution < -0.4 is 0 Å². The van der Waals surface area contributed by atoms with Crippen molar-refractivity contribution in [2.24, 2.45) is 5.41 Å². The Morgan fingerprint density at radius 1 is 1.13 bits per heavy atom. The number of aliphatic carboxylic acids is 1. The molecule has 0 saturated carbocycles. The van der Waals surface area contributed by atoms with E-state index in [9.17, 15) is 9.59 Å². The number of hydrogen-bond acceptors (Lipinski definition) is 3. The van der Waals surface area contributed by atoms with Crippen LogP contribution in [0.2, 0.25) is 0 Å². The van der Waals surface area contributed by atoms with Crippen LogP contribution in [-0.2, 0) is 9.59 Å². The summed E-state index contributed by atoms with van der Waals surface area (Å²) in [7, 11) is 0. The predicted octanol–water partition coefficient (Wildman–Crippen LogP) is 2.59. The average molecular weight is 232 g/mol. The van der Waals surface area contributed by atoms with Gasteiger partial charge in [-0.25, -0.2) is 0 Å². The molecular weight excluding hydrogens is 212 g/mol. The van der Waals surface area contributed by atoms with Gasteiger partial charge in [-0.05, 0) is 20.8 Å². The molecule has 3 nitrogen and oxygen atoms in total. The van der Waals surface area contributed by atoms with Gasteiger partial charge in [-0.1, -0.05) is 20.8 Å². The second-order valence-electron chi connectivity index (χ2n) is 5.19. The summed E-state index contributed by atoms with van der Waals surface area (Å²) in [6.45, 7) is 10.5. The lowest BCUT2D eigenvalue weighted by Crippen LogP contribution is -2.35. The molecule has 4 heteroatoms. The summed E-state index contributed by atoms with van der Waals surface area (Å²) >= 11 is 1.20. The summed E-state index contributed by atoms with van der Waals surface area (Å²) in [5.41, 5.74) is -0.416.